The second kappa shape index (κ2) is 8.56. The smallest absolute Gasteiger partial charge is 0.303 e. The summed E-state index contributed by atoms with van der Waals surface area (Å²) in [5, 5.41) is 27.9. The van der Waals surface area contributed by atoms with Crippen LogP contribution in [-0.4, -0.2) is 52.0 Å². The summed E-state index contributed by atoms with van der Waals surface area (Å²) in [6.45, 7) is 3.66. The van der Waals surface area contributed by atoms with E-state index in [4.69, 9.17) is 14.6 Å². The Hall–Kier alpha value is -0.690. The highest BCUT2D eigenvalue weighted by atomic mass is 16.7. The Morgan fingerprint density at radius 3 is 2.65 bits per heavy atom. The molecule has 1 fully saturated rings. The number of hydrogen-bond donors (Lipinski definition) is 3. The van der Waals surface area contributed by atoms with Crippen molar-refractivity contribution >= 4 is 5.97 Å². The molecule has 1 heterocycles. The highest BCUT2D eigenvalue weighted by Crippen LogP contribution is 2.23. The molecule has 3 N–H and O–H groups in total. The summed E-state index contributed by atoms with van der Waals surface area (Å²) in [6.07, 6.45) is 1.10. The van der Waals surface area contributed by atoms with Crippen LogP contribution in [0.5, 0.6) is 0 Å². The van der Waals surface area contributed by atoms with Crippen LogP contribution in [0.15, 0.2) is 0 Å². The first-order valence-corrected chi connectivity index (χ1v) is 7.29. The molecule has 6 heteroatoms. The fraction of sp³-hybridized carbons (Fsp3) is 0.929. The third-order valence-corrected chi connectivity index (χ3v) is 3.56. The minimum Gasteiger partial charge on any atom is -0.481 e. The maximum atomic E-state index is 10.4. The molecule has 0 amide bonds. The van der Waals surface area contributed by atoms with Gasteiger partial charge in [0.25, 0.3) is 0 Å². The van der Waals surface area contributed by atoms with E-state index in [2.05, 4.69) is 0 Å². The van der Waals surface area contributed by atoms with Crippen molar-refractivity contribution < 1.29 is 29.6 Å². The third kappa shape index (κ3) is 6.17. The first kappa shape index (κ1) is 17.4. The lowest BCUT2D eigenvalue weighted by molar-refractivity contribution is -0.273. The van der Waals surface area contributed by atoms with Crippen LogP contribution >= 0.6 is 0 Å². The van der Waals surface area contributed by atoms with Crippen LogP contribution in [0.2, 0.25) is 0 Å². The van der Waals surface area contributed by atoms with E-state index in [1.165, 1.54) is 0 Å². The van der Waals surface area contributed by atoms with Crippen molar-refractivity contribution in [1.29, 1.82) is 0 Å². The summed E-state index contributed by atoms with van der Waals surface area (Å²) < 4.78 is 11.1. The number of hydrogen-bond acceptors (Lipinski definition) is 5. The molecule has 1 saturated heterocycles. The van der Waals surface area contributed by atoms with Gasteiger partial charge in [-0.15, -0.1) is 0 Å². The van der Waals surface area contributed by atoms with Gasteiger partial charge in [0.15, 0.2) is 6.29 Å². The molecular formula is C14H26O6. The maximum absolute atomic E-state index is 10.4. The average Bonchev–Trinajstić information content (AvgIpc) is 2.35. The fourth-order valence-corrected chi connectivity index (χ4v) is 2.25. The van der Waals surface area contributed by atoms with Crippen molar-refractivity contribution in [3.8, 4) is 0 Å². The molecule has 20 heavy (non-hydrogen) atoms. The number of carboxylic acids is 1. The van der Waals surface area contributed by atoms with Gasteiger partial charge in [-0.25, -0.2) is 0 Å². The molecule has 0 radical (unpaired) electrons. The van der Waals surface area contributed by atoms with E-state index in [1.54, 1.807) is 6.92 Å². The van der Waals surface area contributed by atoms with Crippen molar-refractivity contribution in [3.63, 3.8) is 0 Å². The first-order valence-electron chi connectivity index (χ1n) is 7.29. The summed E-state index contributed by atoms with van der Waals surface area (Å²) in [5.74, 6) is -0.763. The van der Waals surface area contributed by atoms with Crippen molar-refractivity contribution in [2.75, 3.05) is 0 Å². The quantitative estimate of drug-likeness (QED) is 0.583. The topological polar surface area (TPSA) is 96.2 Å². The number of aliphatic carboxylic acids is 1. The summed E-state index contributed by atoms with van der Waals surface area (Å²) in [7, 11) is 0. The van der Waals surface area contributed by atoms with E-state index in [1.807, 2.05) is 6.92 Å². The fourth-order valence-electron chi connectivity index (χ4n) is 2.25. The molecule has 0 aromatic rings. The Kier molecular flexibility index (Phi) is 7.43. The molecule has 0 saturated carbocycles. The molecule has 0 bridgehead atoms. The predicted octanol–water partition coefficient (Wildman–Crippen LogP) is 1.28. The Morgan fingerprint density at radius 2 is 2.00 bits per heavy atom. The van der Waals surface area contributed by atoms with Crippen LogP contribution in [0.3, 0.4) is 0 Å². The van der Waals surface area contributed by atoms with Crippen molar-refractivity contribution in [1.82, 2.24) is 0 Å². The van der Waals surface area contributed by atoms with Crippen molar-refractivity contribution in [2.45, 2.75) is 83.1 Å². The van der Waals surface area contributed by atoms with Gasteiger partial charge >= 0.3 is 5.97 Å². The van der Waals surface area contributed by atoms with Crippen LogP contribution in [0.1, 0.15) is 52.4 Å². The lowest BCUT2D eigenvalue weighted by Crippen LogP contribution is -2.48. The molecule has 0 unspecified atom stereocenters. The SMILES string of the molecule is C[C@H](CCCCCC(=O)O)O[C@@H]1O[C@@H](C)[C@H](O)C[C@H]1O. The minimum absolute atomic E-state index is 0.0677. The monoisotopic (exact) mass is 290 g/mol. The van der Waals surface area contributed by atoms with Crippen molar-refractivity contribution in [3.05, 3.63) is 0 Å². The standard InChI is InChI=1S/C14H26O6/c1-9(6-4-3-5-7-13(17)18)19-14-12(16)8-11(15)10(2)20-14/h9-12,14-16H,3-8H2,1-2H3,(H,17,18)/t9-,10+,11-,12-,14-/m1/s1. The Bertz CT molecular complexity index is 295. The van der Waals surface area contributed by atoms with Crippen LogP contribution in [0, 0.1) is 0 Å². The Balaban J connectivity index is 2.18. The highest BCUT2D eigenvalue weighted by molar-refractivity contribution is 5.66. The van der Waals surface area contributed by atoms with Crippen LogP contribution in [-0.2, 0) is 14.3 Å². The first-order chi connectivity index (χ1) is 9.40. The molecule has 0 aromatic heterocycles. The zero-order valence-corrected chi connectivity index (χ0v) is 12.2. The Labute approximate surface area is 119 Å². The van der Waals surface area contributed by atoms with E-state index in [0.29, 0.717) is 6.42 Å². The van der Waals surface area contributed by atoms with Gasteiger partial charge in [-0.3, -0.25) is 4.79 Å². The van der Waals surface area contributed by atoms with Gasteiger partial charge in [0.2, 0.25) is 0 Å². The normalized spacial score (nSPS) is 32.0. The van der Waals surface area contributed by atoms with E-state index in [-0.39, 0.29) is 25.0 Å². The van der Waals surface area contributed by atoms with E-state index < -0.39 is 24.5 Å². The van der Waals surface area contributed by atoms with Gasteiger partial charge in [0.1, 0.15) is 6.10 Å². The molecule has 0 aromatic carbocycles. The summed E-state index contributed by atoms with van der Waals surface area (Å²) in [5.41, 5.74) is 0. The molecule has 6 nitrogen and oxygen atoms in total. The number of carbonyl (C=O) groups is 1. The van der Waals surface area contributed by atoms with Gasteiger partial charge in [0, 0.05) is 12.8 Å². The van der Waals surface area contributed by atoms with E-state index >= 15 is 0 Å². The van der Waals surface area contributed by atoms with Gasteiger partial charge in [0.05, 0.1) is 18.3 Å². The van der Waals surface area contributed by atoms with E-state index in [9.17, 15) is 15.0 Å². The lowest BCUT2D eigenvalue weighted by atomic mass is 10.0. The van der Waals surface area contributed by atoms with Crippen LogP contribution in [0.4, 0.5) is 0 Å². The molecule has 5 atom stereocenters. The van der Waals surface area contributed by atoms with Crippen LogP contribution in [0.25, 0.3) is 0 Å². The number of ether oxygens (including phenoxy) is 2. The molecule has 0 aliphatic carbocycles. The average molecular weight is 290 g/mol. The minimum atomic E-state index is -0.810. The molecular weight excluding hydrogens is 264 g/mol. The summed E-state index contributed by atoms with van der Waals surface area (Å²) in [6, 6.07) is 0. The summed E-state index contributed by atoms with van der Waals surface area (Å²) >= 11 is 0. The number of rotatable bonds is 8. The molecule has 1 aliphatic heterocycles. The number of carboxylic acid groups (broad SMARTS) is 1. The molecule has 118 valence electrons. The van der Waals surface area contributed by atoms with Crippen LogP contribution < -0.4 is 0 Å². The van der Waals surface area contributed by atoms with Gasteiger partial charge in [-0.05, 0) is 26.7 Å². The second-order valence-corrected chi connectivity index (χ2v) is 5.52. The van der Waals surface area contributed by atoms with E-state index in [0.717, 1.165) is 19.3 Å². The van der Waals surface area contributed by atoms with Crippen molar-refractivity contribution in [2.24, 2.45) is 0 Å². The molecule has 0 spiro atoms. The highest BCUT2D eigenvalue weighted by Gasteiger charge is 2.35. The lowest BCUT2D eigenvalue weighted by Gasteiger charge is -2.36. The molecule has 1 aliphatic rings. The number of aliphatic hydroxyl groups is 2. The number of aliphatic hydroxyl groups excluding tert-OH is 2. The van der Waals surface area contributed by atoms with Gasteiger partial charge < -0.3 is 24.8 Å². The number of unbranched alkanes of at least 4 members (excludes halogenated alkanes) is 2. The zero-order chi connectivity index (χ0) is 15.1. The largest absolute Gasteiger partial charge is 0.481 e. The maximum Gasteiger partial charge on any atom is 0.303 e. The van der Waals surface area contributed by atoms with Gasteiger partial charge in [-0.1, -0.05) is 12.8 Å². The van der Waals surface area contributed by atoms with Gasteiger partial charge in [-0.2, -0.15) is 0 Å². The predicted molar refractivity (Wildman–Crippen MR) is 72.2 cm³/mol. The Morgan fingerprint density at radius 1 is 1.30 bits per heavy atom. The second-order valence-electron chi connectivity index (χ2n) is 5.52. The summed E-state index contributed by atoms with van der Waals surface area (Å²) in [4.78, 5) is 10.4. The zero-order valence-electron chi connectivity index (χ0n) is 12.2. The molecule has 1 rings (SSSR count). The third-order valence-electron chi connectivity index (χ3n) is 3.56.